The van der Waals surface area contributed by atoms with E-state index in [0.717, 1.165) is 5.56 Å². The van der Waals surface area contributed by atoms with Gasteiger partial charge in [-0.15, -0.1) is 0 Å². The van der Waals surface area contributed by atoms with Crippen LogP contribution in [0.15, 0.2) is 24.3 Å². The van der Waals surface area contributed by atoms with Crippen LogP contribution in [0.4, 0.5) is 4.39 Å². The van der Waals surface area contributed by atoms with E-state index in [1.807, 2.05) is 20.8 Å². The Balaban J connectivity index is 2.27. The molecule has 1 heterocycles. The third-order valence-electron chi connectivity index (χ3n) is 3.39. The van der Waals surface area contributed by atoms with Crippen molar-refractivity contribution in [1.29, 1.82) is 0 Å². The molecule has 0 aromatic heterocycles. The summed E-state index contributed by atoms with van der Waals surface area (Å²) in [5.74, 6) is 0.116. The fraction of sp³-hybridized carbons (Fsp3) is 0.500. The Morgan fingerprint density at radius 1 is 1.33 bits per heavy atom. The van der Waals surface area contributed by atoms with E-state index < -0.39 is 0 Å². The first kappa shape index (κ1) is 13.0. The fourth-order valence-corrected chi connectivity index (χ4v) is 2.37. The summed E-state index contributed by atoms with van der Waals surface area (Å²) in [6, 6.07) is 6.16. The van der Waals surface area contributed by atoms with Gasteiger partial charge in [-0.2, -0.15) is 0 Å². The summed E-state index contributed by atoms with van der Waals surface area (Å²) in [6.07, 6.45) is -0.143. The van der Waals surface area contributed by atoms with E-state index >= 15 is 0 Å². The zero-order chi connectivity index (χ0) is 13.3. The Labute approximate surface area is 107 Å². The zero-order valence-corrected chi connectivity index (χ0v) is 11.0. The molecule has 0 bridgehead atoms. The number of carbonyl (C=O) groups excluding carboxylic acids is 1. The molecule has 1 aliphatic rings. The highest BCUT2D eigenvalue weighted by Gasteiger charge is 2.39. The molecule has 1 N–H and O–H groups in total. The van der Waals surface area contributed by atoms with Gasteiger partial charge in [-0.3, -0.25) is 10.1 Å². The van der Waals surface area contributed by atoms with Gasteiger partial charge in [0.25, 0.3) is 0 Å². The lowest BCUT2D eigenvalue weighted by Gasteiger charge is -2.22. The van der Waals surface area contributed by atoms with E-state index in [1.54, 1.807) is 17.0 Å². The molecule has 1 saturated heterocycles. The van der Waals surface area contributed by atoms with Crippen LogP contribution in [0.2, 0.25) is 0 Å². The van der Waals surface area contributed by atoms with E-state index in [4.69, 9.17) is 0 Å². The van der Waals surface area contributed by atoms with Crippen molar-refractivity contribution < 1.29 is 9.18 Å². The Morgan fingerprint density at radius 3 is 2.44 bits per heavy atom. The van der Waals surface area contributed by atoms with Crippen molar-refractivity contribution in [1.82, 2.24) is 10.2 Å². The Hall–Kier alpha value is -1.42. The smallest absolute Gasteiger partial charge is 0.241 e. The average Bonchev–Trinajstić information content (AvgIpc) is 2.67. The van der Waals surface area contributed by atoms with Crippen molar-refractivity contribution >= 4 is 5.91 Å². The third-order valence-corrected chi connectivity index (χ3v) is 3.39. The highest BCUT2D eigenvalue weighted by atomic mass is 19.1. The maximum absolute atomic E-state index is 12.9. The molecule has 18 heavy (non-hydrogen) atoms. The van der Waals surface area contributed by atoms with Gasteiger partial charge in [0.1, 0.15) is 12.0 Å². The molecule has 2 unspecified atom stereocenters. The number of hydrogen-bond donors (Lipinski definition) is 1. The lowest BCUT2D eigenvalue weighted by atomic mass is 10.1. The zero-order valence-electron chi connectivity index (χ0n) is 11.0. The molecule has 0 radical (unpaired) electrons. The van der Waals surface area contributed by atoms with Gasteiger partial charge in [-0.1, -0.05) is 26.0 Å². The van der Waals surface area contributed by atoms with Gasteiger partial charge < -0.3 is 4.90 Å². The highest BCUT2D eigenvalue weighted by molar-refractivity contribution is 5.84. The highest BCUT2D eigenvalue weighted by Crippen LogP contribution is 2.27. The van der Waals surface area contributed by atoms with Crippen LogP contribution in [-0.2, 0) is 4.79 Å². The van der Waals surface area contributed by atoms with Gasteiger partial charge in [0, 0.05) is 6.54 Å². The standard InChI is InChI=1S/C14H19FN2O/c1-4-17-13(10-5-7-11(15)8-6-10)16-12(9(2)3)14(17)18/h5-9,12-13,16H,4H2,1-3H3. The second-order valence-electron chi connectivity index (χ2n) is 4.97. The molecule has 3 nitrogen and oxygen atoms in total. The molecule has 98 valence electrons. The monoisotopic (exact) mass is 250 g/mol. The first-order valence-corrected chi connectivity index (χ1v) is 6.36. The second kappa shape index (κ2) is 5.06. The van der Waals surface area contributed by atoms with Gasteiger partial charge in [-0.05, 0) is 30.5 Å². The quantitative estimate of drug-likeness (QED) is 0.892. The number of amides is 1. The van der Waals surface area contributed by atoms with Gasteiger partial charge >= 0.3 is 0 Å². The van der Waals surface area contributed by atoms with Crippen LogP contribution in [-0.4, -0.2) is 23.4 Å². The summed E-state index contributed by atoms with van der Waals surface area (Å²) in [7, 11) is 0. The molecule has 1 aliphatic heterocycles. The summed E-state index contributed by atoms with van der Waals surface area (Å²) in [5.41, 5.74) is 0.926. The van der Waals surface area contributed by atoms with Crippen molar-refractivity contribution in [2.24, 2.45) is 5.92 Å². The van der Waals surface area contributed by atoms with Crippen LogP contribution in [0.5, 0.6) is 0 Å². The van der Waals surface area contributed by atoms with Crippen LogP contribution in [0.1, 0.15) is 32.5 Å². The fourth-order valence-electron chi connectivity index (χ4n) is 2.37. The van der Waals surface area contributed by atoms with Crippen molar-refractivity contribution in [2.45, 2.75) is 33.0 Å². The number of rotatable bonds is 3. The van der Waals surface area contributed by atoms with Crippen LogP contribution in [0.3, 0.4) is 0 Å². The maximum atomic E-state index is 12.9. The van der Waals surface area contributed by atoms with Crippen molar-refractivity contribution in [3.8, 4) is 0 Å². The number of nitrogens with zero attached hydrogens (tertiary/aromatic N) is 1. The molecule has 2 atom stereocenters. The van der Waals surface area contributed by atoms with Crippen LogP contribution < -0.4 is 5.32 Å². The van der Waals surface area contributed by atoms with Crippen molar-refractivity contribution in [2.75, 3.05) is 6.54 Å². The first-order valence-electron chi connectivity index (χ1n) is 6.36. The lowest BCUT2D eigenvalue weighted by molar-refractivity contribution is -0.130. The normalized spacial score (nSPS) is 24.1. The molecule has 1 aromatic carbocycles. The molecular formula is C14H19FN2O. The molecule has 4 heteroatoms. The van der Waals surface area contributed by atoms with E-state index in [0.29, 0.717) is 6.54 Å². The lowest BCUT2D eigenvalue weighted by Crippen LogP contribution is -2.34. The Bertz CT molecular complexity index is 430. The largest absolute Gasteiger partial charge is 0.322 e. The number of hydrogen-bond acceptors (Lipinski definition) is 2. The second-order valence-corrected chi connectivity index (χ2v) is 4.97. The minimum absolute atomic E-state index is 0.127. The minimum atomic E-state index is -0.258. The SMILES string of the molecule is CCN1C(=O)C(C(C)C)NC1c1ccc(F)cc1. The number of carbonyl (C=O) groups is 1. The van der Waals surface area contributed by atoms with Gasteiger partial charge in [-0.25, -0.2) is 4.39 Å². The predicted octanol–water partition coefficient (Wildman–Crippen LogP) is 2.30. The molecule has 2 rings (SSSR count). The van der Waals surface area contributed by atoms with E-state index in [2.05, 4.69) is 5.32 Å². The average molecular weight is 250 g/mol. The van der Waals surface area contributed by atoms with E-state index in [9.17, 15) is 9.18 Å². The van der Waals surface area contributed by atoms with Crippen molar-refractivity contribution in [3.63, 3.8) is 0 Å². The molecule has 0 spiro atoms. The van der Waals surface area contributed by atoms with Crippen LogP contribution >= 0.6 is 0 Å². The first-order chi connectivity index (χ1) is 8.54. The van der Waals surface area contributed by atoms with Gasteiger partial charge in [0.2, 0.25) is 5.91 Å². The third kappa shape index (κ3) is 2.25. The summed E-state index contributed by atoms with van der Waals surface area (Å²) in [5, 5.41) is 3.33. The predicted molar refractivity (Wildman–Crippen MR) is 68.3 cm³/mol. The molecule has 0 saturated carbocycles. The van der Waals surface area contributed by atoms with Crippen molar-refractivity contribution in [3.05, 3.63) is 35.6 Å². The summed E-state index contributed by atoms with van der Waals surface area (Å²) in [6.45, 7) is 6.66. The van der Waals surface area contributed by atoms with E-state index in [-0.39, 0.29) is 29.8 Å². The molecule has 1 amide bonds. The number of nitrogens with one attached hydrogen (secondary N) is 1. The van der Waals surface area contributed by atoms with Crippen LogP contribution in [0.25, 0.3) is 0 Å². The molecular weight excluding hydrogens is 231 g/mol. The number of benzene rings is 1. The minimum Gasteiger partial charge on any atom is -0.322 e. The molecule has 1 aromatic rings. The summed E-state index contributed by atoms with van der Waals surface area (Å²) >= 11 is 0. The molecule has 0 aliphatic carbocycles. The van der Waals surface area contributed by atoms with Gasteiger partial charge in [0.05, 0.1) is 6.04 Å². The van der Waals surface area contributed by atoms with E-state index in [1.165, 1.54) is 12.1 Å². The van der Waals surface area contributed by atoms with Gasteiger partial charge in [0.15, 0.2) is 0 Å². The summed E-state index contributed by atoms with van der Waals surface area (Å²) < 4.78 is 12.9. The molecule has 1 fully saturated rings. The topological polar surface area (TPSA) is 32.3 Å². The summed E-state index contributed by atoms with van der Waals surface area (Å²) in [4.78, 5) is 14.0. The maximum Gasteiger partial charge on any atom is 0.241 e. The Morgan fingerprint density at radius 2 is 1.94 bits per heavy atom. The Kier molecular flexibility index (Phi) is 3.66. The van der Waals surface area contributed by atoms with Crippen LogP contribution in [0, 0.1) is 11.7 Å². The number of likely N-dealkylation sites (N-methyl/N-ethyl adjacent to an activating group) is 1. The number of halogens is 1.